The van der Waals surface area contributed by atoms with Gasteiger partial charge >= 0.3 is 0 Å². The SMILES string of the molecule is CC(CC(=O)Nc1cccnc1Cl)NCC1(O)CCCC1. The lowest BCUT2D eigenvalue weighted by Gasteiger charge is -2.25. The van der Waals surface area contributed by atoms with Gasteiger partial charge in [0.2, 0.25) is 5.91 Å². The van der Waals surface area contributed by atoms with Crippen molar-refractivity contribution in [2.24, 2.45) is 0 Å². The van der Waals surface area contributed by atoms with Gasteiger partial charge in [-0.2, -0.15) is 0 Å². The summed E-state index contributed by atoms with van der Waals surface area (Å²) < 4.78 is 0. The Kier molecular flexibility index (Phi) is 5.56. The van der Waals surface area contributed by atoms with E-state index >= 15 is 0 Å². The van der Waals surface area contributed by atoms with Crippen LogP contribution in [-0.2, 0) is 4.79 Å². The molecule has 0 aromatic carbocycles. The van der Waals surface area contributed by atoms with Gasteiger partial charge in [-0.05, 0) is 31.9 Å². The number of hydrogen-bond donors (Lipinski definition) is 3. The molecule has 1 unspecified atom stereocenters. The lowest BCUT2D eigenvalue weighted by Crippen LogP contribution is -2.42. The molecule has 1 aromatic rings. The molecule has 6 heteroatoms. The average Bonchev–Trinajstić information content (AvgIpc) is 2.87. The van der Waals surface area contributed by atoms with Crippen molar-refractivity contribution in [2.75, 3.05) is 11.9 Å². The molecule has 0 bridgehead atoms. The summed E-state index contributed by atoms with van der Waals surface area (Å²) in [5, 5.41) is 16.5. The van der Waals surface area contributed by atoms with Gasteiger partial charge in [-0.25, -0.2) is 4.98 Å². The summed E-state index contributed by atoms with van der Waals surface area (Å²) in [7, 11) is 0. The number of aromatic nitrogens is 1. The maximum Gasteiger partial charge on any atom is 0.226 e. The van der Waals surface area contributed by atoms with Crippen LogP contribution >= 0.6 is 11.6 Å². The van der Waals surface area contributed by atoms with Crippen molar-refractivity contribution in [2.45, 2.75) is 50.7 Å². The quantitative estimate of drug-likeness (QED) is 0.705. The second-order valence-corrected chi connectivity index (χ2v) is 6.17. The molecule has 0 spiro atoms. The van der Waals surface area contributed by atoms with E-state index < -0.39 is 5.60 Å². The summed E-state index contributed by atoms with van der Waals surface area (Å²) >= 11 is 5.90. The van der Waals surface area contributed by atoms with Crippen molar-refractivity contribution in [1.82, 2.24) is 10.3 Å². The summed E-state index contributed by atoms with van der Waals surface area (Å²) in [5.41, 5.74) is -0.0806. The van der Waals surface area contributed by atoms with Crippen LogP contribution in [-0.4, -0.2) is 34.2 Å². The molecular weight excluding hydrogens is 290 g/mol. The van der Waals surface area contributed by atoms with Crippen molar-refractivity contribution in [1.29, 1.82) is 0 Å². The van der Waals surface area contributed by atoms with E-state index in [0.717, 1.165) is 25.7 Å². The molecule has 0 radical (unpaired) electrons. The predicted octanol–water partition coefficient (Wildman–Crippen LogP) is 2.35. The number of amides is 1. The van der Waals surface area contributed by atoms with Gasteiger partial charge in [0.05, 0.1) is 11.3 Å². The highest BCUT2D eigenvalue weighted by Crippen LogP contribution is 2.28. The largest absolute Gasteiger partial charge is 0.389 e. The number of carbonyl (C=O) groups is 1. The fourth-order valence-corrected chi connectivity index (χ4v) is 2.77. The smallest absolute Gasteiger partial charge is 0.226 e. The van der Waals surface area contributed by atoms with Crippen molar-refractivity contribution >= 4 is 23.2 Å². The number of rotatable bonds is 6. The number of pyridine rings is 1. The molecule has 1 fully saturated rings. The molecule has 1 atom stereocenters. The van der Waals surface area contributed by atoms with Crippen molar-refractivity contribution in [3.8, 4) is 0 Å². The highest BCUT2D eigenvalue weighted by molar-refractivity contribution is 6.32. The average molecular weight is 312 g/mol. The number of anilines is 1. The Morgan fingerprint density at radius 2 is 2.24 bits per heavy atom. The third-order valence-corrected chi connectivity index (χ3v) is 4.14. The van der Waals surface area contributed by atoms with Crippen LogP contribution < -0.4 is 10.6 Å². The Labute approximate surface area is 130 Å². The first-order valence-electron chi connectivity index (χ1n) is 7.35. The fourth-order valence-electron chi connectivity index (χ4n) is 2.60. The molecule has 1 aromatic heterocycles. The topological polar surface area (TPSA) is 74.2 Å². The van der Waals surface area contributed by atoms with E-state index in [9.17, 15) is 9.90 Å². The normalized spacial score (nSPS) is 18.4. The number of halogens is 1. The van der Waals surface area contributed by atoms with E-state index in [2.05, 4.69) is 15.6 Å². The fraction of sp³-hybridized carbons (Fsp3) is 0.600. The summed E-state index contributed by atoms with van der Waals surface area (Å²) in [6.07, 6.45) is 5.72. The second-order valence-electron chi connectivity index (χ2n) is 5.81. The molecule has 116 valence electrons. The molecule has 1 saturated carbocycles. The van der Waals surface area contributed by atoms with Gasteiger partial charge in [0.15, 0.2) is 5.15 Å². The van der Waals surface area contributed by atoms with Gasteiger partial charge in [-0.1, -0.05) is 24.4 Å². The molecular formula is C15H22ClN3O2. The lowest BCUT2D eigenvalue weighted by molar-refractivity contribution is -0.116. The third kappa shape index (κ3) is 4.95. The first kappa shape index (κ1) is 16.2. The van der Waals surface area contributed by atoms with E-state index in [4.69, 9.17) is 11.6 Å². The molecule has 1 amide bonds. The summed E-state index contributed by atoms with van der Waals surface area (Å²) in [6.45, 7) is 2.47. The van der Waals surface area contributed by atoms with Gasteiger partial charge in [0.25, 0.3) is 0 Å². The number of carbonyl (C=O) groups excluding carboxylic acids is 1. The van der Waals surface area contributed by atoms with Crippen LogP contribution in [0.25, 0.3) is 0 Å². The monoisotopic (exact) mass is 311 g/mol. The van der Waals surface area contributed by atoms with Gasteiger partial charge in [0, 0.05) is 25.2 Å². The van der Waals surface area contributed by atoms with E-state index in [1.165, 1.54) is 0 Å². The van der Waals surface area contributed by atoms with Crippen molar-refractivity contribution in [3.63, 3.8) is 0 Å². The first-order valence-corrected chi connectivity index (χ1v) is 7.72. The highest BCUT2D eigenvalue weighted by Gasteiger charge is 2.31. The Balaban J connectivity index is 1.76. The maximum atomic E-state index is 12.0. The summed E-state index contributed by atoms with van der Waals surface area (Å²) in [4.78, 5) is 15.9. The zero-order valence-corrected chi connectivity index (χ0v) is 13.0. The molecule has 21 heavy (non-hydrogen) atoms. The van der Waals surface area contributed by atoms with E-state index in [0.29, 0.717) is 18.7 Å². The standard InChI is InChI=1S/C15H22ClN3O2/c1-11(18-10-15(21)6-2-3-7-15)9-13(20)19-12-5-4-8-17-14(12)16/h4-5,8,11,18,21H,2-3,6-7,9-10H2,1H3,(H,19,20). The summed E-state index contributed by atoms with van der Waals surface area (Å²) in [5.74, 6) is -0.122. The van der Waals surface area contributed by atoms with Crippen LogP contribution in [0.3, 0.4) is 0 Å². The maximum absolute atomic E-state index is 12.0. The van der Waals surface area contributed by atoms with Crippen LogP contribution in [0, 0.1) is 0 Å². The van der Waals surface area contributed by atoms with Crippen LogP contribution in [0.2, 0.25) is 5.15 Å². The van der Waals surface area contributed by atoms with Gasteiger partial charge in [-0.15, -0.1) is 0 Å². The van der Waals surface area contributed by atoms with Crippen LogP contribution in [0.5, 0.6) is 0 Å². The van der Waals surface area contributed by atoms with Crippen LogP contribution in [0.4, 0.5) is 5.69 Å². The number of nitrogens with zero attached hydrogens (tertiary/aromatic N) is 1. The number of nitrogens with one attached hydrogen (secondary N) is 2. The minimum Gasteiger partial charge on any atom is -0.389 e. The third-order valence-electron chi connectivity index (χ3n) is 3.84. The Bertz CT molecular complexity index is 490. The number of hydrogen-bond acceptors (Lipinski definition) is 4. The molecule has 5 nitrogen and oxygen atoms in total. The minimum atomic E-state index is -0.600. The Morgan fingerprint density at radius 1 is 1.52 bits per heavy atom. The lowest BCUT2D eigenvalue weighted by atomic mass is 10.0. The minimum absolute atomic E-state index is 0.00919. The van der Waals surface area contributed by atoms with E-state index in [-0.39, 0.29) is 17.1 Å². The predicted molar refractivity (Wildman–Crippen MR) is 83.4 cm³/mol. The molecule has 0 aliphatic heterocycles. The Morgan fingerprint density at radius 3 is 2.90 bits per heavy atom. The van der Waals surface area contributed by atoms with Crippen molar-refractivity contribution in [3.05, 3.63) is 23.5 Å². The van der Waals surface area contributed by atoms with Crippen LogP contribution in [0.15, 0.2) is 18.3 Å². The van der Waals surface area contributed by atoms with Crippen molar-refractivity contribution < 1.29 is 9.90 Å². The zero-order chi connectivity index (χ0) is 15.3. The van der Waals surface area contributed by atoms with Gasteiger partial charge < -0.3 is 15.7 Å². The Hall–Kier alpha value is -1.17. The molecule has 2 rings (SSSR count). The molecule has 0 saturated heterocycles. The zero-order valence-electron chi connectivity index (χ0n) is 12.2. The molecule has 1 heterocycles. The number of aliphatic hydroxyl groups is 1. The van der Waals surface area contributed by atoms with E-state index in [1.54, 1.807) is 18.3 Å². The van der Waals surface area contributed by atoms with Gasteiger partial charge in [-0.3, -0.25) is 4.79 Å². The van der Waals surface area contributed by atoms with Crippen LogP contribution in [0.1, 0.15) is 39.0 Å². The van der Waals surface area contributed by atoms with Gasteiger partial charge in [0.1, 0.15) is 0 Å². The van der Waals surface area contributed by atoms with E-state index in [1.807, 2.05) is 6.92 Å². The summed E-state index contributed by atoms with van der Waals surface area (Å²) in [6, 6.07) is 3.43. The molecule has 1 aliphatic rings. The second kappa shape index (κ2) is 7.20. The highest BCUT2D eigenvalue weighted by atomic mass is 35.5. The molecule has 1 aliphatic carbocycles. The first-order chi connectivity index (χ1) is 9.98. The molecule has 3 N–H and O–H groups in total.